The first kappa shape index (κ1) is 26.7. The van der Waals surface area contributed by atoms with Crippen molar-refractivity contribution in [2.75, 3.05) is 31.2 Å². The number of thioether (sulfide) groups is 1. The van der Waals surface area contributed by atoms with Crippen LogP contribution in [0.5, 0.6) is 5.75 Å². The Balaban J connectivity index is 1.38. The maximum Gasteiger partial charge on any atom is 0.341 e. The lowest BCUT2D eigenvalue weighted by atomic mass is 10.1. The molecule has 0 amide bonds. The van der Waals surface area contributed by atoms with Crippen LogP contribution in [0.3, 0.4) is 0 Å². The lowest BCUT2D eigenvalue weighted by Gasteiger charge is -2.10. The Bertz CT molecular complexity index is 1250. The predicted octanol–water partition coefficient (Wildman–Crippen LogP) is 4.81. The Morgan fingerprint density at radius 3 is 2.49 bits per heavy atom. The molecule has 0 saturated heterocycles. The highest BCUT2D eigenvalue weighted by atomic mass is 32.2. The average molecular weight is 518 g/mol. The third-order valence-electron chi connectivity index (χ3n) is 5.21. The Morgan fingerprint density at radius 2 is 1.80 bits per heavy atom. The number of nitrogens with one attached hydrogen (secondary N) is 1. The van der Waals surface area contributed by atoms with Crippen LogP contribution in [0.4, 0.5) is 4.39 Å². The third-order valence-corrected chi connectivity index (χ3v) is 8.02. The van der Waals surface area contributed by atoms with Gasteiger partial charge >= 0.3 is 5.97 Å². The lowest BCUT2D eigenvalue weighted by molar-refractivity contribution is -0.139. The van der Waals surface area contributed by atoms with Gasteiger partial charge in [-0.1, -0.05) is 30.3 Å². The van der Waals surface area contributed by atoms with E-state index >= 15 is 0 Å². The van der Waals surface area contributed by atoms with Gasteiger partial charge in [0.25, 0.3) is 0 Å². The molecule has 3 rings (SSSR count). The molecular formula is C26H28FNO5S2. The van der Waals surface area contributed by atoms with Crippen LogP contribution < -0.4 is 10.1 Å². The second-order valence-corrected chi connectivity index (χ2v) is 11.2. The molecule has 186 valence electrons. The number of carboxylic acids is 1. The van der Waals surface area contributed by atoms with Crippen molar-refractivity contribution in [1.82, 2.24) is 5.32 Å². The number of halogens is 1. The lowest BCUT2D eigenvalue weighted by Crippen LogP contribution is -2.21. The number of aliphatic carboxylic acids is 1. The van der Waals surface area contributed by atoms with Crippen LogP contribution in [0.25, 0.3) is 11.1 Å². The molecule has 9 heteroatoms. The second-order valence-electron chi connectivity index (χ2n) is 7.88. The molecule has 0 fully saturated rings. The molecule has 3 aromatic rings. The van der Waals surface area contributed by atoms with E-state index in [0.717, 1.165) is 22.8 Å². The molecule has 0 radical (unpaired) electrons. The molecular weight excluding hydrogens is 489 g/mol. The van der Waals surface area contributed by atoms with Crippen LogP contribution >= 0.6 is 11.8 Å². The fourth-order valence-electron chi connectivity index (χ4n) is 3.42. The van der Waals surface area contributed by atoms with Crippen molar-refractivity contribution in [2.45, 2.75) is 23.1 Å². The molecule has 0 aromatic heterocycles. The molecule has 0 atom stereocenters. The molecule has 0 saturated carbocycles. The van der Waals surface area contributed by atoms with E-state index in [4.69, 9.17) is 9.84 Å². The summed E-state index contributed by atoms with van der Waals surface area (Å²) in [6.45, 7) is 2.80. The van der Waals surface area contributed by atoms with Gasteiger partial charge in [-0.25, -0.2) is 17.6 Å². The zero-order chi connectivity index (χ0) is 25.3. The number of carboxylic acid groups (broad SMARTS) is 1. The van der Waals surface area contributed by atoms with Crippen LogP contribution in [0.15, 0.2) is 76.5 Å². The van der Waals surface area contributed by atoms with E-state index in [2.05, 4.69) is 5.32 Å². The predicted molar refractivity (Wildman–Crippen MR) is 136 cm³/mol. The molecule has 0 aliphatic heterocycles. The van der Waals surface area contributed by atoms with Crippen LogP contribution in [-0.4, -0.2) is 50.7 Å². The number of rotatable bonds is 13. The fourth-order valence-corrected chi connectivity index (χ4v) is 5.64. The molecule has 6 nitrogen and oxygen atoms in total. The molecule has 0 aliphatic carbocycles. The fraction of sp³-hybridized carbons (Fsp3) is 0.269. The van der Waals surface area contributed by atoms with Crippen LogP contribution in [0, 0.1) is 12.7 Å². The van der Waals surface area contributed by atoms with E-state index in [0.29, 0.717) is 29.8 Å². The first-order chi connectivity index (χ1) is 16.8. The van der Waals surface area contributed by atoms with Crippen molar-refractivity contribution in [3.8, 4) is 16.9 Å². The highest BCUT2D eigenvalue weighted by molar-refractivity contribution is 7.99. The van der Waals surface area contributed by atoms with Gasteiger partial charge in [0.15, 0.2) is 16.4 Å². The smallest absolute Gasteiger partial charge is 0.341 e. The van der Waals surface area contributed by atoms with Crippen LogP contribution in [0.2, 0.25) is 0 Å². The van der Waals surface area contributed by atoms with Crippen LogP contribution in [-0.2, 0) is 14.6 Å². The topological polar surface area (TPSA) is 92.7 Å². The van der Waals surface area contributed by atoms with Gasteiger partial charge in [-0.2, -0.15) is 0 Å². The van der Waals surface area contributed by atoms with Crippen molar-refractivity contribution in [3.63, 3.8) is 0 Å². The SMILES string of the molecule is Cc1cc(SCCNCCCS(=O)(=O)c2ccc(-c3ccccc3F)cc2)ccc1OCC(=O)O. The van der Waals surface area contributed by atoms with Gasteiger partial charge in [0.1, 0.15) is 11.6 Å². The Labute approximate surface area is 209 Å². The minimum absolute atomic E-state index is 0.0309. The Morgan fingerprint density at radius 1 is 1.06 bits per heavy atom. The van der Waals surface area contributed by atoms with E-state index in [1.807, 2.05) is 19.1 Å². The summed E-state index contributed by atoms with van der Waals surface area (Å²) < 4.78 is 44.4. The number of sulfone groups is 1. The summed E-state index contributed by atoms with van der Waals surface area (Å²) in [6, 6.07) is 18.3. The normalized spacial score (nSPS) is 11.4. The number of carbonyl (C=O) groups is 1. The molecule has 0 bridgehead atoms. The number of hydrogen-bond acceptors (Lipinski definition) is 6. The first-order valence-corrected chi connectivity index (χ1v) is 13.8. The number of ether oxygens (including phenoxy) is 1. The van der Waals surface area contributed by atoms with E-state index in [1.165, 1.54) is 18.2 Å². The molecule has 0 heterocycles. The second kappa shape index (κ2) is 12.7. The Hall–Kier alpha value is -2.88. The van der Waals surface area contributed by atoms with E-state index in [1.54, 1.807) is 48.2 Å². The standard InChI is InChI=1S/C26H28FNO5S2/c1-19-17-21(9-12-25(19)33-18-26(29)30)34-15-14-28-13-4-16-35(31,32)22-10-7-20(8-11-22)23-5-2-3-6-24(23)27/h2-3,5-12,17,28H,4,13-16,18H2,1H3,(H,29,30). The van der Waals surface area contributed by atoms with Crippen molar-refractivity contribution in [2.24, 2.45) is 0 Å². The quantitative estimate of drug-likeness (QED) is 0.248. The third kappa shape index (κ3) is 8.09. The highest BCUT2D eigenvalue weighted by Gasteiger charge is 2.14. The summed E-state index contributed by atoms with van der Waals surface area (Å²) in [5.41, 5.74) is 1.95. The van der Waals surface area contributed by atoms with Crippen LogP contribution in [0.1, 0.15) is 12.0 Å². The summed E-state index contributed by atoms with van der Waals surface area (Å²) in [6.07, 6.45) is 0.483. The van der Waals surface area contributed by atoms with Crippen molar-refractivity contribution < 1.29 is 27.4 Å². The minimum Gasteiger partial charge on any atom is -0.482 e. The zero-order valence-electron chi connectivity index (χ0n) is 19.4. The number of hydrogen-bond donors (Lipinski definition) is 2. The van der Waals surface area contributed by atoms with Gasteiger partial charge in [-0.3, -0.25) is 0 Å². The van der Waals surface area contributed by atoms with Gasteiger partial charge in [0.2, 0.25) is 0 Å². The molecule has 0 aliphatic rings. The average Bonchev–Trinajstić information content (AvgIpc) is 2.83. The number of aryl methyl sites for hydroxylation is 1. The molecule has 0 spiro atoms. The van der Waals surface area contributed by atoms with Crippen molar-refractivity contribution >= 4 is 27.6 Å². The van der Waals surface area contributed by atoms with Gasteiger partial charge in [0.05, 0.1) is 10.6 Å². The van der Waals surface area contributed by atoms with Gasteiger partial charge in [-0.15, -0.1) is 11.8 Å². The monoisotopic (exact) mass is 517 g/mol. The zero-order valence-corrected chi connectivity index (χ0v) is 21.0. The number of benzene rings is 3. The first-order valence-electron chi connectivity index (χ1n) is 11.1. The molecule has 3 aromatic carbocycles. The van der Waals surface area contributed by atoms with E-state index in [-0.39, 0.29) is 23.1 Å². The van der Waals surface area contributed by atoms with E-state index < -0.39 is 15.8 Å². The van der Waals surface area contributed by atoms with Gasteiger partial charge < -0.3 is 15.2 Å². The van der Waals surface area contributed by atoms with Crippen molar-refractivity contribution in [3.05, 3.63) is 78.1 Å². The van der Waals surface area contributed by atoms with Crippen molar-refractivity contribution in [1.29, 1.82) is 0 Å². The summed E-state index contributed by atoms with van der Waals surface area (Å²) in [5, 5.41) is 12.0. The highest BCUT2D eigenvalue weighted by Crippen LogP contribution is 2.26. The Kier molecular flexibility index (Phi) is 9.71. The summed E-state index contributed by atoms with van der Waals surface area (Å²) >= 11 is 1.65. The van der Waals surface area contributed by atoms with E-state index in [9.17, 15) is 17.6 Å². The summed E-state index contributed by atoms with van der Waals surface area (Å²) in [5.74, 6) is 0.0314. The molecule has 35 heavy (non-hydrogen) atoms. The maximum atomic E-state index is 13.9. The minimum atomic E-state index is -3.41. The summed E-state index contributed by atoms with van der Waals surface area (Å²) in [4.78, 5) is 11.9. The van der Waals surface area contributed by atoms with Gasteiger partial charge in [0, 0.05) is 22.8 Å². The summed E-state index contributed by atoms with van der Waals surface area (Å²) in [7, 11) is -3.41. The molecule has 0 unspecified atom stereocenters. The maximum absolute atomic E-state index is 13.9. The largest absolute Gasteiger partial charge is 0.482 e. The molecule has 2 N–H and O–H groups in total. The van der Waals surface area contributed by atoms with Gasteiger partial charge in [-0.05, 0) is 67.4 Å².